The van der Waals surface area contributed by atoms with Crippen molar-refractivity contribution in [1.82, 2.24) is 0 Å². The van der Waals surface area contributed by atoms with Gasteiger partial charge < -0.3 is 5.73 Å². The summed E-state index contributed by atoms with van der Waals surface area (Å²) in [5.41, 5.74) is 7.30. The predicted octanol–water partition coefficient (Wildman–Crippen LogP) is 1.14. The number of hydrogen-bond acceptors (Lipinski definition) is 4. The Morgan fingerprint density at radius 2 is 2.23 bits per heavy atom. The van der Waals surface area contributed by atoms with Crippen LogP contribution in [0.3, 0.4) is 0 Å². The van der Waals surface area contributed by atoms with Gasteiger partial charge in [0.1, 0.15) is 6.07 Å². The van der Waals surface area contributed by atoms with Gasteiger partial charge in [-0.05, 0) is 18.2 Å². The van der Waals surface area contributed by atoms with Gasteiger partial charge in [0.15, 0.2) is 0 Å². The van der Waals surface area contributed by atoms with E-state index >= 15 is 0 Å². The van der Waals surface area contributed by atoms with E-state index in [2.05, 4.69) is 0 Å². The molecule has 0 aliphatic carbocycles. The zero-order chi connectivity index (χ0) is 9.84. The molecule has 0 fully saturated rings. The van der Waals surface area contributed by atoms with Crippen molar-refractivity contribution >= 4 is 11.4 Å². The summed E-state index contributed by atoms with van der Waals surface area (Å²) in [6.07, 6.45) is 0. The number of nitriles is 1. The van der Waals surface area contributed by atoms with Crippen LogP contribution in [0, 0.1) is 11.3 Å². The molecule has 1 aromatic carbocycles. The Morgan fingerprint density at radius 1 is 1.54 bits per heavy atom. The molecular weight excluding hydrogens is 166 g/mol. The number of nitrogens with zero attached hydrogens (tertiary/aromatic N) is 2. The Labute approximate surface area is 77.1 Å². The minimum Gasteiger partial charge on any atom is -0.398 e. The number of hydrogen-bond donors (Lipinski definition) is 1. The second-order valence-corrected chi connectivity index (χ2v) is 2.56. The van der Waals surface area contributed by atoms with Crippen LogP contribution in [0.4, 0.5) is 11.4 Å². The molecule has 0 aliphatic heterocycles. The quantitative estimate of drug-likeness (QED) is 0.543. The molecule has 0 heterocycles. The van der Waals surface area contributed by atoms with Crippen molar-refractivity contribution in [3.8, 4) is 6.07 Å². The monoisotopic (exact) mass is 177 g/mol. The molecule has 0 aliphatic rings. The minimum atomic E-state index is 0.460. The molecule has 4 heteroatoms. The largest absolute Gasteiger partial charge is 0.398 e. The van der Waals surface area contributed by atoms with Crippen LogP contribution < -0.4 is 10.8 Å². The van der Waals surface area contributed by atoms with E-state index in [-0.39, 0.29) is 0 Å². The van der Waals surface area contributed by atoms with Crippen LogP contribution in [0.2, 0.25) is 0 Å². The highest BCUT2D eigenvalue weighted by Crippen LogP contribution is 2.19. The lowest BCUT2D eigenvalue weighted by atomic mass is 10.2. The third-order valence-electron chi connectivity index (χ3n) is 1.79. The Balaban J connectivity index is 3.08. The molecule has 68 valence electrons. The fraction of sp³-hybridized carbons (Fsp3) is 0.222. The molecular formula is C9H11N3O. The van der Waals surface area contributed by atoms with E-state index in [1.165, 1.54) is 0 Å². The molecule has 1 aromatic rings. The summed E-state index contributed by atoms with van der Waals surface area (Å²) in [4.78, 5) is 4.96. The maximum Gasteiger partial charge on any atom is 0.101 e. The molecule has 0 saturated carbocycles. The average molecular weight is 177 g/mol. The molecule has 0 amide bonds. The van der Waals surface area contributed by atoms with Gasteiger partial charge >= 0.3 is 0 Å². The van der Waals surface area contributed by atoms with Gasteiger partial charge in [-0.15, -0.1) is 0 Å². The molecule has 2 N–H and O–H groups in total. The Morgan fingerprint density at radius 3 is 2.77 bits per heavy atom. The number of nitrogens with two attached hydrogens (primary N) is 1. The summed E-state index contributed by atoms with van der Waals surface area (Å²) in [7, 11) is 3.31. The van der Waals surface area contributed by atoms with Crippen LogP contribution in [0.25, 0.3) is 0 Å². The number of nitrogen functional groups attached to an aromatic ring is 1. The normalized spacial score (nSPS) is 9.31. The molecule has 0 spiro atoms. The molecule has 13 heavy (non-hydrogen) atoms. The Kier molecular flexibility index (Phi) is 2.72. The van der Waals surface area contributed by atoms with E-state index < -0.39 is 0 Å². The first kappa shape index (κ1) is 9.36. The van der Waals surface area contributed by atoms with Crippen LogP contribution in [-0.4, -0.2) is 14.2 Å². The van der Waals surface area contributed by atoms with Crippen molar-refractivity contribution in [3.05, 3.63) is 23.8 Å². The third-order valence-corrected chi connectivity index (χ3v) is 1.79. The maximum absolute atomic E-state index is 8.71. The maximum atomic E-state index is 8.71. The van der Waals surface area contributed by atoms with E-state index in [1.807, 2.05) is 6.07 Å². The molecule has 0 aromatic heterocycles. The standard InChI is InChI=1S/C9H11N3O/c1-12(13-2)8-3-4-9(11)7(5-8)6-10/h3-5H,11H2,1-2H3. The molecule has 0 unspecified atom stereocenters. The first-order valence-corrected chi connectivity index (χ1v) is 3.76. The van der Waals surface area contributed by atoms with Gasteiger partial charge in [-0.3, -0.25) is 9.90 Å². The van der Waals surface area contributed by atoms with Gasteiger partial charge in [0.05, 0.1) is 18.4 Å². The van der Waals surface area contributed by atoms with Crippen LogP contribution in [-0.2, 0) is 4.84 Å². The van der Waals surface area contributed by atoms with Gasteiger partial charge in [0.2, 0.25) is 0 Å². The fourth-order valence-corrected chi connectivity index (χ4v) is 0.942. The van der Waals surface area contributed by atoms with Crippen molar-refractivity contribution < 1.29 is 4.84 Å². The summed E-state index contributed by atoms with van der Waals surface area (Å²) >= 11 is 0. The number of rotatable bonds is 2. The van der Waals surface area contributed by atoms with Crippen LogP contribution >= 0.6 is 0 Å². The van der Waals surface area contributed by atoms with E-state index in [4.69, 9.17) is 15.8 Å². The Hall–Kier alpha value is -1.73. The van der Waals surface area contributed by atoms with Crippen molar-refractivity contribution in [2.75, 3.05) is 25.0 Å². The van der Waals surface area contributed by atoms with E-state index in [1.54, 1.807) is 37.4 Å². The average Bonchev–Trinajstić information content (AvgIpc) is 2.17. The fourth-order valence-electron chi connectivity index (χ4n) is 0.942. The van der Waals surface area contributed by atoms with Crippen LogP contribution in [0.1, 0.15) is 5.56 Å². The third kappa shape index (κ3) is 1.89. The van der Waals surface area contributed by atoms with Gasteiger partial charge in [0, 0.05) is 12.7 Å². The summed E-state index contributed by atoms with van der Waals surface area (Å²) in [6.45, 7) is 0. The van der Waals surface area contributed by atoms with E-state index in [0.717, 1.165) is 5.69 Å². The molecule has 4 nitrogen and oxygen atoms in total. The summed E-state index contributed by atoms with van der Waals surface area (Å²) < 4.78 is 0. The second-order valence-electron chi connectivity index (χ2n) is 2.56. The highest BCUT2D eigenvalue weighted by molar-refractivity contribution is 5.61. The first-order chi connectivity index (χ1) is 6.19. The SMILES string of the molecule is CON(C)c1ccc(N)c(C#N)c1. The van der Waals surface area contributed by atoms with Gasteiger partial charge in [-0.25, -0.2) is 0 Å². The van der Waals surface area contributed by atoms with E-state index in [0.29, 0.717) is 11.3 Å². The lowest BCUT2D eigenvalue weighted by molar-refractivity contribution is 0.185. The number of benzene rings is 1. The summed E-state index contributed by atoms with van der Waals surface area (Å²) in [6, 6.07) is 7.16. The van der Waals surface area contributed by atoms with E-state index in [9.17, 15) is 0 Å². The van der Waals surface area contributed by atoms with Crippen molar-refractivity contribution in [2.45, 2.75) is 0 Å². The lowest BCUT2D eigenvalue weighted by Gasteiger charge is -2.15. The molecule has 0 saturated heterocycles. The van der Waals surface area contributed by atoms with Crippen molar-refractivity contribution in [3.63, 3.8) is 0 Å². The predicted molar refractivity (Wildman–Crippen MR) is 51.0 cm³/mol. The highest BCUT2D eigenvalue weighted by atomic mass is 16.7. The zero-order valence-electron chi connectivity index (χ0n) is 7.61. The topological polar surface area (TPSA) is 62.3 Å². The first-order valence-electron chi connectivity index (χ1n) is 3.76. The van der Waals surface area contributed by atoms with Crippen LogP contribution in [0.15, 0.2) is 18.2 Å². The highest BCUT2D eigenvalue weighted by Gasteiger charge is 2.03. The van der Waals surface area contributed by atoms with Crippen LogP contribution in [0.5, 0.6) is 0 Å². The number of hydroxylamine groups is 1. The smallest absolute Gasteiger partial charge is 0.101 e. The van der Waals surface area contributed by atoms with Gasteiger partial charge in [0.25, 0.3) is 0 Å². The Bertz CT molecular complexity index is 343. The molecule has 1 rings (SSSR count). The zero-order valence-corrected chi connectivity index (χ0v) is 7.61. The molecule has 0 radical (unpaired) electrons. The van der Waals surface area contributed by atoms with Crippen molar-refractivity contribution in [2.24, 2.45) is 0 Å². The van der Waals surface area contributed by atoms with Gasteiger partial charge in [-0.1, -0.05) is 0 Å². The molecule has 0 bridgehead atoms. The number of anilines is 2. The lowest BCUT2D eigenvalue weighted by Crippen LogP contribution is -2.14. The minimum absolute atomic E-state index is 0.460. The van der Waals surface area contributed by atoms with Gasteiger partial charge in [-0.2, -0.15) is 5.26 Å². The molecule has 0 atom stereocenters. The second kappa shape index (κ2) is 3.78. The van der Waals surface area contributed by atoms with Crippen molar-refractivity contribution in [1.29, 1.82) is 5.26 Å². The summed E-state index contributed by atoms with van der Waals surface area (Å²) in [5.74, 6) is 0. The summed E-state index contributed by atoms with van der Waals surface area (Å²) in [5, 5.41) is 10.3.